The lowest BCUT2D eigenvalue weighted by atomic mass is 9.96. The first-order chi connectivity index (χ1) is 12.3. The number of piperidine rings is 1. The zero-order valence-corrected chi connectivity index (χ0v) is 14.3. The van der Waals surface area contributed by atoms with Crippen LogP contribution in [0.5, 0.6) is 0 Å². The number of hydrogen-bond acceptors (Lipinski definition) is 7. The van der Waals surface area contributed by atoms with Crippen molar-refractivity contribution in [2.45, 2.75) is 24.9 Å². The summed E-state index contributed by atoms with van der Waals surface area (Å²) in [6.45, 7) is 0.903. The quantitative estimate of drug-likeness (QED) is 0.826. The van der Waals surface area contributed by atoms with Crippen molar-refractivity contribution < 1.29 is 17.7 Å². The molecule has 10 heteroatoms. The molecule has 1 saturated heterocycles. The summed E-state index contributed by atoms with van der Waals surface area (Å²) < 4.78 is 44.1. The number of nitrogens with zero attached hydrogens (tertiary/aromatic N) is 6. The van der Waals surface area contributed by atoms with E-state index in [1.165, 1.54) is 6.07 Å². The first-order valence-electron chi connectivity index (χ1n) is 8.04. The minimum atomic E-state index is -4.55. The lowest BCUT2D eigenvalue weighted by Gasteiger charge is -2.32. The van der Waals surface area contributed by atoms with Crippen molar-refractivity contribution in [2.24, 2.45) is 0 Å². The van der Waals surface area contributed by atoms with E-state index in [-0.39, 0.29) is 17.3 Å². The second kappa shape index (κ2) is 6.82. The summed E-state index contributed by atoms with van der Waals surface area (Å²) in [6.07, 6.45) is -3.30. The highest BCUT2D eigenvalue weighted by Gasteiger charge is 2.34. The summed E-state index contributed by atoms with van der Waals surface area (Å²) in [6, 6.07) is 3.91. The zero-order valence-electron chi connectivity index (χ0n) is 14.3. The molecule has 3 rings (SSSR count). The molecule has 1 aliphatic rings. The molecule has 1 fully saturated rings. The first-order valence-corrected chi connectivity index (χ1v) is 8.04. The lowest BCUT2D eigenvalue weighted by Crippen LogP contribution is -2.34. The van der Waals surface area contributed by atoms with Gasteiger partial charge in [0, 0.05) is 33.1 Å². The van der Waals surface area contributed by atoms with E-state index in [2.05, 4.69) is 15.1 Å². The molecule has 26 heavy (non-hydrogen) atoms. The van der Waals surface area contributed by atoms with E-state index >= 15 is 0 Å². The van der Waals surface area contributed by atoms with Crippen molar-refractivity contribution in [1.29, 1.82) is 5.26 Å². The summed E-state index contributed by atoms with van der Waals surface area (Å²) in [4.78, 5) is 11.4. The maximum Gasteiger partial charge on any atom is 0.433 e. The fourth-order valence-corrected chi connectivity index (χ4v) is 2.85. The Morgan fingerprint density at radius 3 is 2.46 bits per heavy atom. The molecule has 0 bridgehead atoms. The molecule has 138 valence electrons. The van der Waals surface area contributed by atoms with E-state index < -0.39 is 11.9 Å². The van der Waals surface area contributed by atoms with Gasteiger partial charge in [0.1, 0.15) is 17.6 Å². The molecule has 2 aromatic rings. The molecule has 2 aromatic heterocycles. The fraction of sp³-hybridized carbons (Fsp3) is 0.500. The molecule has 0 saturated carbocycles. The molecular formula is C16H17F3N6O. The van der Waals surface area contributed by atoms with Crippen LogP contribution in [-0.4, -0.2) is 42.3 Å². The third-order valence-electron chi connectivity index (χ3n) is 4.26. The molecule has 1 aliphatic heterocycles. The number of rotatable bonds is 3. The Kier molecular flexibility index (Phi) is 4.71. The van der Waals surface area contributed by atoms with E-state index in [4.69, 9.17) is 4.52 Å². The Balaban J connectivity index is 1.76. The molecule has 0 spiro atoms. The van der Waals surface area contributed by atoms with Crippen molar-refractivity contribution in [2.75, 3.05) is 37.0 Å². The number of halogens is 3. The number of anilines is 2. The average molecular weight is 366 g/mol. The van der Waals surface area contributed by atoms with E-state index in [0.717, 1.165) is 6.07 Å². The standard InChI is InChI=1S/C16H17F3N6O/c1-24(2)15-22-14(26-23-15)10-5-7-25(8-6-10)13-11(9-20)3-4-12(21-13)16(17,18)19/h3-4,10H,5-8H2,1-2H3. The van der Waals surface area contributed by atoms with Gasteiger partial charge in [-0.05, 0) is 30.1 Å². The highest BCUT2D eigenvalue weighted by atomic mass is 19.4. The van der Waals surface area contributed by atoms with Gasteiger partial charge in [0.25, 0.3) is 5.95 Å². The minimum absolute atomic E-state index is 0.0313. The van der Waals surface area contributed by atoms with Crippen LogP contribution in [0.25, 0.3) is 0 Å². The summed E-state index contributed by atoms with van der Waals surface area (Å²) >= 11 is 0. The van der Waals surface area contributed by atoms with Gasteiger partial charge in [-0.2, -0.15) is 23.4 Å². The predicted octanol–water partition coefficient (Wildman–Crippen LogP) is 2.81. The van der Waals surface area contributed by atoms with Crippen molar-refractivity contribution in [3.8, 4) is 6.07 Å². The van der Waals surface area contributed by atoms with E-state index in [1.54, 1.807) is 23.9 Å². The van der Waals surface area contributed by atoms with E-state index in [9.17, 15) is 18.4 Å². The molecule has 0 aliphatic carbocycles. The van der Waals surface area contributed by atoms with Crippen molar-refractivity contribution in [1.82, 2.24) is 15.1 Å². The molecule has 0 aromatic carbocycles. The van der Waals surface area contributed by atoms with E-state index in [1.807, 2.05) is 6.07 Å². The van der Waals surface area contributed by atoms with Crippen molar-refractivity contribution >= 4 is 11.8 Å². The van der Waals surface area contributed by atoms with Crippen LogP contribution in [0.3, 0.4) is 0 Å². The van der Waals surface area contributed by atoms with Gasteiger partial charge in [-0.3, -0.25) is 0 Å². The maximum absolute atomic E-state index is 12.9. The van der Waals surface area contributed by atoms with Gasteiger partial charge in [-0.15, -0.1) is 0 Å². The molecule has 7 nitrogen and oxygen atoms in total. The van der Waals surface area contributed by atoms with Gasteiger partial charge in [-0.1, -0.05) is 0 Å². The second-order valence-electron chi connectivity index (χ2n) is 6.27. The summed E-state index contributed by atoms with van der Waals surface area (Å²) in [5, 5.41) is 13.1. The number of hydrogen-bond donors (Lipinski definition) is 0. The monoisotopic (exact) mass is 366 g/mol. The van der Waals surface area contributed by atoms with Crippen LogP contribution < -0.4 is 9.80 Å². The van der Waals surface area contributed by atoms with Gasteiger partial charge < -0.3 is 14.3 Å². The lowest BCUT2D eigenvalue weighted by molar-refractivity contribution is -0.141. The Labute approximate surface area is 148 Å². The summed E-state index contributed by atoms with van der Waals surface area (Å²) in [5.74, 6) is 1.10. The SMILES string of the molecule is CN(C)c1noc(C2CCN(c3nc(C(F)(F)F)ccc3C#N)CC2)n1. The summed E-state index contributed by atoms with van der Waals surface area (Å²) in [7, 11) is 3.61. The molecule has 0 N–H and O–H groups in total. The molecule has 3 heterocycles. The van der Waals surface area contributed by atoms with Gasteiger partial charge in [0.15, 0.2) is 0 Å². The molecule has 0 amide bonds. The first kappa shape index (κ1) is 18.0. The van der Waals surface area contributed by atoms with Crippen molar-refractivity contribution in [3.63, 3.8) is 0 Å². The molecular weight excluding hydrogens is 349 g/mol. The predicted molar refractivity (Wildman–Crippen MR) is 86.8 cm³/mol. The Morgan fingerprint density at radius 1 is 1.23 bits per heavy atom. The highest BCUT2D eigenvalue weighted by molar-refractivity contribution is 5.55. The van der Waals surface area contributed by atoms with Gasteiger partial charge in [-0.25, -0.2) is 4.98 Å². The largest absolute Gasteiger partial charge is 0.433 e. The third-order valence-corrected chi connectivity index (χ3v) is 4.26. The Morgan fingerprint density at radius 2 is 1.92 bits per heavy atom. The molecule has 0 unspecified atom stereocenters. The number of pyridine rings is 1. The Bertz CT molecular complexity index is 818. The van der Waals surface area contributed by atoms with Crippen LogP contribution >= 0.6 is 0 Å². The Hall–Kier alpha value is -2.83. The highest BCUT2D eigenvalue weighted by Crippen LogP contribution is 2.33. The van der Waals surface area contributed by atoms with E-state index in [0.29, 0.717) is 37.8 Å². The minimum Gasteiger partial charge on any atom is -0.355 e. The van der Waals surface area contributed by atoms with Crippen LogP contribution in [0.1, 0.15) is 35.9 Å². The fourth-order valence-electron chi connectivity index (χ4n) is 2.85. The number of alkyl halides is 3. The second-order valence-corrected chi connectivity index (χ2v) is 6.27. The topological polar surface area (TPSA) is 82.1 Å². The zero-order chi connectivity index (χ0) is 18.9. The molecule has 0 radical (unpaired) electrons. The van der Waals surface area contributed by atoms with Crippen molar-refractivity contribution in [3.05, 3.63) is 29.3 Å². The average Bonchev–Trinajstić information content (AvgIpc) is 3.11. The van der Waals surface area contributed by atoms with Crippen LogP contribution in [-0.2, 0) is 6.18 Å². The summed E-state index contributed by atoms with van der Waals surface area (Å²) in [5.41, 5.74) is -0.870. The van der Waals surface area contributed by atoms with Gasteiger partial charge >= 0.3 is 6.18 Å². The normalized spacial score (nSPS) is 15.8. The number of aromatic nitrogens is 3. The molecule has 0 atom stereocenters. The van der Waals surface area contributed by atoms with Crippen LogP contribution in [0.4, 0.5) is 24.9 Å². The maximum atomic E-state index is 12.9. The van der Waals surface area contributed by atoms with Crippen LogP contribution in [0.15, 0.2) is 16.7 Å². The van der Waals surface area contributed by atoms with Gasteiger partial charge in [0.05, 0.1) is 5.56 Å². The third kappa shape index (κ3) is 3.56. The number of nitriles is 1. The smallest absolute Gasteiger partial charge is 0.355 e. The van der Waals surface area contributed by atoms with Gasteiger partial charge in [0.2, 0.25) is 5.89 Å². The van der Waals surface area contributed by atoms with Crippen LogP contribution in [0, 0.1) is 11.3 Å². The van der Waals surface area contributed by atoms with Crippen LogP contribution in [0.2, 0.25) is 0 Å².